The molecule has 2 heterocycles. The molecule has 0 radical (unpaired) electrons. The summed E-state index contributed by atoms with van der Waals surface area (Å²) >= 11 is 3.21. The number of hydrogen-bond acceptors (Lipinski definition) is 3. The summed E-state index contributed by atoms with van der Waals surface area (Å²) in [7, 11) is 1.71. The summed E-state index contributed by atoms with van der Waals surface area (Å²) in [5, 5.41) is 0. The van der Waals surface area contributed by atoms with Crippen LogP contribution >= 0.6 is 15.9 Å². The van der Waals surface area contributed by atoms with Gasteiger partial charge in [0.15, 0.2) is 4.67 Å². The molecule has 5 nitrogen and oxygen atoms in total. The molecule has 0 aromatic carbocycles. The van der Waals surface area contributed by atoms with Gasteiger partial charge in [-0.25, -0.2) is 0 Å². The number of nitrogens with zero attached hydrogens (tertiary/aromatic N) is 2. The number of amides is 2. The number of hydrogen-bond donors (Lipinski definition) is 0. The van der Waals surface area contributed by atoms with E-state index in [-0.39, 0.29) is 18.4 Å². The Bertz CT molecular complexity index is 458. The average molecular weight is 315 g/mol. The summed E-state index contributed by atoms with van der Waals surface area (Å²) in [5.74, 6) is 0.709. The van der Waals surface area contributed by atoms with E-state index in [9.17, 15) is 9.59 Å². The van der Waals surface area contributed by atoms with E-state index < -0.39 is 0 Å². The van der Waals surface area contributed by atoms with Crippen molar-refractivity contribution in [3.63, 3.8) is 0 Å². The van der Waals surface area contributed by atoms with E-state index in [0.29, 0.717) is 29.9 Å². The number of likely N-dealkylation sites (tertiary alicyclic amines) is 1. The second kappa shape index (κ2) is 5.56. The van der Waals surface area contributed by atoms with Crippen LogP contribution in [-0.4, -0.2) is 41.8 Å². The predicted octanol–water partition coefficient (Wildman–Crippen LogP) is 1.62. The van der Waals surface area contributed by atoms with Gasteiger partial charge < -0.3 is 14.2 Å². The Balaban J connectivity index is 1.86. The minimum atomic E-state index is -0.0715. The molecule has 1 aliphatic heterocycles. The molecule has 1 saturated heterocycles. The number of rotatable bonds is 4. The second-order valence-corrected chi connectivity index (χ2v) is 5.16. The van der Waals surface area contributed by atoms with Crippen LogP contribution in [0.25, 0.3) is 0 Å². The third-order valence-corrected chi connectivity index (χ3v) is 3.37. The molecule has 0 aliphatic carbocycles. The highest BCUT2D eigenvalue weighted by Gasteiger charge is 2.23. The molecule has 2 rings (SSSR count). The third-order valence-electron chi connectivity index (χ3n) is 2.95. The van der Waals surface area contributed by atoms with Crippen molar-refractivity contribution in [2.45, 2.75) is 19.4 Å². The lowest BCUT2D eigenvalue weighted by atomic mass is 10.4. The summed E-state index contributed by atoms with van der Waals surface area (Å²) in [6, 6.07) is 3.60. The van der Waals surface area contributed by atoms with Crippen molar-refractivity contribution in [1.29, 1.82) is 0 Å². The van der Waals surface area contributed by atoms with Crippen LogP contribution in [0.15, 0.2) is 21.2 Å². The first-order valence-corrected chi connectivity index (χ1v) is 6.61. The molecule has 1 fully saturated rings. The summed E-state index contributed by atoms with van der Waals surface area (Å²) in [5.41, 5.74) is 0. The SMILES string of the molecule is CN(Cc1ccc(Br)o1)C(=O)CN1CCCC1=O. The zero-order chi connectivity index (χ0) is 13.1. The number of carbonyl (C=O) groups excluding carboxylic acids is 2. The van der Waals surface area contributed by atoms with E-state index in [1.54, 1.807) is 22.9 Å². The van der Waals surface area contributed by atoms with E-state index in [2.05, 4.69) is 15.9 Å². The Labute approximate surface area is 114 Å². The summed E-state index contributed by atoms with van der Waals surface area (Å²) in [4.78, 5) is 26.5. The lowest BCUT2D eigenvalue weighted by molar-refractivity contribution is -0.138. The second-order valence-electron chi connectivity index (χ2n) is 4.37. The van der Waals surface area contributed by atoms with E-state index in [1.807, 2.05) is 6.07 Å². The minimum absolute atomic E-state index is 0.0671. The number of likely N-dealkylation sites (N-methyl/N-ethyl adjacent to an activating group) is 1. The molecule has 2 amide bonds. The van der Waals surface area contributed by atoms with Gasteiger partial charge in [0.25, 0.3) is 0 Å². The molecule has 18 heavy (non-hydrogen) atoms. The maximum Gasteiger partial charge on any atom is 0.242 e. The highest BCUT2D eigenvalue weighted by molar-refractivity contribution is 9.10. The van der Waals surface area contributed by atoms with E-state index in [0.717, 1.165) is 6.42 Å². The first-order chi connectivity index (χ1) is 8.56. The molecule has 0 unspecified atom stereocenters. The zero-order valence-corrected chi connectivity index (χ0v) is 11.8. The quantitative estimate of drug-likeness (QED) is 0.848. The van der Waals surface area contributed by atoms with Crippen molar-refractivity contribution in [1.82, 2.24) is 9.80 Å². The van der Waals surface area contributed by atoms with Gasteiger partial charge in [-0.15, -0.1) is 0 Å². The standard InChI is InChI=1S/C12H15BrN2O3/c1-14(7-9-4-5-10(13)18-9)12(17)8-15-6-2-3-11(15)16/h4-5H,2-3,6-8H2,1H3. The third kappa shape index (κ3) is 3.13. The number of carbonyl (C=O) groups is 2. The van der Waals surface area contributed by atoms with Crippen molar-refractivity contribution in [3.05, 3.63) is 22.6 Å². The molecule has 1 aliphatic rings. The van der Waals surface area contributed by atoms with E-state index >= 15 is 0 Å². The van der Waals surface area contributed by atoms with Gasteiger partial charge in [0, 0.05) is 20.0 Å². The van der Waals surface area contributed by atoms with Crippen LogP contribution in [-0.2, 0) is 16.1 Å². The van der Waals surface area contributed by atoms with Crippen LogP contribution in [0.1, 0.15) is 18.6 Å². The highest BCUT2D eigenvalue weighted by atomic mass is 79.9. The van der Waals surface area contributed by atoms with Gasteiger partial charge >= 0.3 is 0 Å². The molecule has 0 N–H and O–H groups in total. The van der Waals surface area contributed by atoms with Crippen LogP contribution in [0.4, 0.5) is 0 Å². The predicted molar refractivity (Wildman–Crippen MR) is 68.7 cm³/mol. The lowest BCUT2D eigenvalue weighted by Crippen LogP contribution is -2.38. The molecule has 0 spiro atoms. The van der Waals surface area contributed by atoms with Gasteiger partial charge in [0.05, 0.1) is 13.1 Å². The molecule has 98 valence electrons. The average Bonchev–Trinajstić information content (AvgIpc) is 2.89. The van der Waals surface area contributed by atoms with Crippen molar-refractivity contribution >= 4 is 27.7 Å². The Kier molecular flexibility index (Phi) is 4.06. The molecule has 1 aromatic heterocycles. The van der Waals surface area contributed by atoms with E-state index in [4.69, 9.17) is 4.42 Å². The van der Waals surface area contributed by atoms with Gasteiger partial charge in [-0.05, 0) is 34.5 Å². The molecule has 1 aromatic rings. The first kappa shape index (κ1) is 13.1. The minimum Gasteiger partial charge on any atom is -0.452 e. The van der Waals surface area contributed by atoms with Crippen molar-refractivity contribution in [2.24, 2.45) is 0 Å². The Morgan fingerprint density at radius 3 is 2.89 bits per heavy atom. The lowest BCUT2D eigenvalue weighted by Gasteiger charge is -2.20. The van der Waals surface area contributed by atoms with Crippen molar-refractivity contribution < 1.29 is 14.0 Å². The molecular weight excluding hydrogens is 300 g/mol. The fourth-order valence-corrected chi connectivity index (χ4v) is 2.25. The Morgan fingerprint density at radius 2 is 2.33 bits per heavy atom. The monoisotopic (exact) mass is 314 g/mol. The smallest absolute Gasteiger partial charge is 0.242 e. The fourth-order valence-electron chi connectivity index (χ4n) is 1.91. The molecule has 0 saturated carbocycles. The van der Waals surface area contributed by atoms with Crippen LogP contribution in [0.5, 0.6) is 0 Å². The fraction of sp³-hybridized carbons (Fsp3) is 0.500. The zero-order valence-electron chi connectivity index (χ0n) is 10.2. The molecular formula is C12H15BrN2O3. The maximum absolute atomic E-state index is 11.9. The largest absolute Gasteiger partial charge is 0.452 e. The van der Waals surface area contributed by atoms with Crippen molar-refractivity contribution in [2.75, 3.05) is 20.1 Å². The van der Waals surface area contributed by atoms with E-state index in [1.165, 1.54) is 0 Å². The summed E-state index contributed by atoms with van der Waals surface area (Å²) in [6.45, 7) is 1.26. The maximum atomic E-state index is 11.9. The van der Waals surface area contributed by atoms with Gasteiger partial charge in [-0.2, -0.15) is 0 Å². The summed E-state index contributed by atoms with van der Waals surface area (Å²) in [6.07, 6.45) is 1.41. The van der Waals surface area contributed by atoms with Crippen molar-refractivity contribution in [3.8, 4) is 0 Å². The van der Waals surface area contributed by atoms with Crippen LogP contribution < -0.4 is 0 Å². The number of furan rings is 1. The van der Waals surface area contributed by atoms with Crippen LogP contribution in [0.3, 0.4) is 0 Å². The number of halogens is 1. The Hall–Kier alpha value is -1.30. The van der Waals surface area contributed by atoms with Gasteiger partial charge in [-0.3, -0.25) is 9.59 Å². The summed E-state index contributed by atoms with van der Waals surface area (Å²) < 4.78 is 5.98. The normalized spacial score (nSPS) is 15.2. The molecule has 0 bridgehead atoms. The highest BCUT2D eigenvalue weighted by Crippen LogP contribution is 2.15. The first-order valence-electron chi connectivity index (χ1n) is 5.82. The topological polar surface area (TPSA) is 53.8 Å². The van der Waals surface area contributed by atoms with Gasteiger partial charge in [0.1, 0.15) is 5.76 Å². The van der Waals surface area contributed by atoms with Gasteiger partial charge in [0.2, 0.25) is 11.8 Å². The Morgan fingerprint density at radius 1 is 1.56 bits per heavy atom. The molecule has 0 atom stereocenters. The molecule has 6 heteroatoms. The van der Waals surface area contributed by atoms with Gasteiger partial charge in [-0.1, -0.05) is 0 Å². The van der Waals surface area contributed by atoms with Crippen LogP contribution in [0, 0.1) is 0 Å². The van der Waals surface area contributed by atoms with Crippen LogP contribution in [0.2, 0.25) is 0 Å².